The molecule has 1 amide bonds. The van der Waals surface area contributed by atoms with Crippen molar-refractivity contribution in [1.82, 2.24) is 9.88 Å². The molecule has 0 atom stereocenters. The van der Waals surface area contributed by atoms with Crippen molar-refractivity contribution in [2.24, 2.45) is 5.92 Å². The largest absolute Gasteiger partial charge is 0.492 e. The van der Waals surface area contributed by atoms with Crippen LogP contribution in [0.3, 0.4) is 0 Å². The molecule has 3 aromatic rings. The number of fused-ring (bicyclic) bond motifs is 2. The van der Waals surface area contributed by atoms with E-state index in [-0.39, 0.29) is 12.5 Å². The molecule has 1 fully saturated rings. The van der Waals surface area contributed by atoms with Crippen LogP contribution in [0.4, 0.5) is 5.69 Å². The molecule has 7 heteroatoms. The molecule has 0 radical (unpaired) electrons. The number of ether oxygens (including phenoxy) is 2. The lowest BCUT2D eigenvalue weighted by Gasteiger charge is -2.32. The number of carbonyl (C=O) groups is 1. The lowest BCUT2D eigenvalue weighted by atomic mass is 9.90. The van der Waals surface area contributed by atoms with Gasteiger partial charge in [-0.25, -0.2) is 0 Å². The van der Waals surface area contributed by atoms with E-state index in [0.717, 1.165) is 72.7 Å². The second-order valence-electron chi connectivity index (χ2n) is 9.11. The number of hydrogen-bond acceptors (Lipinski definition) is 6. The van der Waals surface area contributed by atoms with Gasteiger partial charge >= 0.3 is 0 Å². The van der Waals surface area contributed by atoms with Crippen molar-refractivity contribution in [2.75, 3.05) is 38.2 Å². The first-order valence-electron chi connectivity index (χ1n) is 11.8. The second-order valence-corrected chi connectivity index (χ2v) is 9.11. The maximum absolute atomic E-state index is 11.6. The van der Waals surface area contributed by atoms with Gasteiger partial charge in [0.25, 0.3) is 5.91 Å². The fraction of sp³-hybridized carbons (Fsp3) is 0.370. The number of nitriles is 1. The van der Waals surface area contributed by atoms with Gasteiger partial charge < -0.3 is 14.8 Å². The molecule has 7 nitrogen and oxygen atoms in total. The first-order chi connectivity index (χ1) is 16.6. The molecule has 0 spiro atoms. The van der Waals surface area contributed by atoms with Gasteiger partial charge in [0.1, 0.15) is 18.1 Å². The Morgan fingerprint density at radius 3 is 2.88 bits per heavy atom. The molecule has 0 bridgehead atoms. The number of likely N-dealkylation sites (tertiary alicyclic amines) is 1. The molecule has 1 saturated heterocycles. The van der Waals surface area contributed by atoms with E-state index in [1.165, 1.54) is 5.56 Å². The molecule has 1 N–H and O–H groups in total. The van der Waals surface area contributed by atoms with Crippen molar-refractivity contribution in [2.45, 2.75) is 26.2 Å². The molecule has 3 heterocycles. The molecule has 0 saturated carbocycles. The summed E-state index contributed by atoms with van der Waals surface area (Å²) in [7, 11) is 0. The van der Waals surface area contributed by atoms with E-state index >= 15 is 0 Å². The summed E-state index contributed by atoms with van der Waals surface area (Å²) < 4.78 is 11.6. The number of benzene rings is 2. The van der Waals surface area contributed by atoms with Gasteiger partial charge in [0, 0.05) is 17.6 Å². The number of anilines is 1. The van der Waals surface area contributed by atoms with Crippen LogP contribution in [0.5, 0.6) is 11.5 Å². The van der Waals surface area contributed by atoms with Crippen LogP contribution in [0.15, 0.2) is 42.5 Å². The van der Waals surface area contributed by atoms with E-state index in [9.17, 15) is 10.1 Å². The zero-order chi connectivity index (χ0) is 23.5. The Labute approximate surface area is 199 Å². The SMILES string of the molecule is Cc1ccc2c(OCCN3CCC(Cc4ccc5c(c4)NC(=O)CO5)CC3)cc(C#N)cc2n1. The normalized spacial score (nSPS) is 16.4. The van der Waals surface area contributed by atoms with Crippen molar-refractivity contribution in [3.05, 3.63) is 59.3 Å². The van der Waals surface area contributed by atoms with Crippen LogP contribution in [0.1, 0.15) is 29.7 Å². The number of carbonyl (C=O) groups excluding carboxylic acids is 1. The van der Waals surface area contributed by atoms with E-state index < -0.39 is 0 Å². The second kappa shape index (κ2) is 9.70. The molecule has 2 aliphatic heterocycles. The quantitative estimate of drug-likeness (QED) is 0.601. The molecule has 2 aliphatic rings. The number of amides is 1. The number of piperidine rings is 1. The summed E-state index contributed by atoms with van der Waals surface area (Å²) in [5.74, 6) is 2.00. The van der Waals surface area contributed by atoms with Gasteiger partial charge in [-0.1, -0.05) is 6.07 Å². The highest BCUT2D eigenvalue weighted by atomic mass is 16.5. The average molecular weight is 457 g/mol. The Bertz CT molecular complexity index is 1260. The lowest BCUT2D eigenvalue weighted by molar-refractivity contribution is -0.118. The third kappa shape index (κ3) is 4.97. The summed E-state index contributed by atoms with van der Waals surface area (Å²) >= 11 is 0. The standard InChI is InChI=1S/C27H28N4O3/c1-18-2-4-22-23(29-18)14-21(16-28)15-26(22)33-11-10-31-8-6-19(7-9-31)12-20-3-5-25-24(13-20)30-27(32)17-34-25/h2-5,13-15,19H,6-12,17H2,1H3,(H,30,32). The number of rotatable bonds is 6. The fourth-order valence-corrected chi connectivity index (χ4v) is 4.78. The predicted molar refractivity (Wildman–Crippen MR) is 130 cm³/mol. The summed E-state index contributed by atoms with van der Waals surface area (Å²) in [4.78, 5) is 18.6. The van der Waals surface area contributed by atoms with E-state index in [1.54, 1.807) is 6.07 Å². The number of aryl methyl sites for hydroxylation is 1. The van der Waals surface area contributed by atoms with Crippen LogP contribution < -0.4 is 14.8 Å². The Balaban J connectivity index is 1.13. The van der Waals surface area contributed by atoms with Crippen molar-refractivity contribution in [3.63, 3.8) is 0 Å². The molecule has 2 aromatic carbocycles. The van der Waals surface area contributed by atoms with Gasteiger partial charge in [-0.2, -0.15) is 5.26 Å². The third-order valence-corrected chi connectivity index (χ3v) is 6.61. The summed E-state index contributed by atoms with van der Waals surface area (Å²) in [5.41, 5.74) is 4.30. The zero-order valence-corrected chi connectivity index (χ0v) is 19.3. The summed E-state index contributed by atoms with van der Waals surface area (Å²) in [6.45, 7) is 5.54. The zero-order valence-electron chi connectivity index (χ0n) is 19.3. The van der Waals surface area contributed by atoms with E-state index in [1.807, 2.05) is 37.3 Å². The summed E-state index contributed by atoms with van der Waals surface area (Å²) in [6, 6.07) is 15.9. The Hall–Kier alpha value is -3.63. The van der Waals surface area contributed by atoms with Crippen molar-refractivity contribution in [3.8, 4) is 17.6 Å². The van der Waals surface area contributed by atoms with Gasteiger partial charge in [0.15, 0.2) is 6.61 Å². The van der Waals surface area contributed by atoms with Gasteiger partial charge in [0.05, 0.1) is 22.8 Å². The van der Waals surface area contributed by atoms with E-state index in [4.69, 9.17) is 9.47 Å². The highest BCUT2D eigenvalue weighted by molar-refractivity contribution is 5.95. The maximum atomic E-state index is 11.6. The van der Waals surface area contributed by atoms with Crippen LogP contribution in [0, 0.1) is 24.2 Å². The van der Waals surface area contributed by atoms with Crippen molar-refractivity contribution in [1.29, 1.82) is 5.26 Å². The van der Waals surface area contributed by atoms with Gasteiger partial charge in [-0.05, 0) is 87.2 Å². The van der Waals surface area contributed by atoms with E-state index in [2.05, 4.69) is 27.3 Å². The van der Waals surface area contributed by atoms with Crippen molar-refractivity contribution < 1.29 is 14.3 Å². The fourth-order valence-electron chi connectivity index (χ4n) is 4.78. The summed E-state index contributed by atoms with van der Waals surface area (Å²) in [6.07, 6.45) is 3.28. The number of nitrogens with zero attached hydrogens (tertiary/aromatic N) is 3. The number of hydrogen-bond donors (Lipinski definition) is 1. The minimum atomic E-state index is -0.0982. The molecule has 0 aliphatic carbocycles. The smallest absolute Gasteiger partial charge is 0.262 e. The number of nitrogens with one attached hydrogen (secondary N) is 1. The molecule has 1 aromatic heterocycles. The van der Waals surface area contributed by atoms with Crippen molar-refractivity contribution >= 4 is 22.5 Å². The topological polar surface area (TPSA) is 87.5 Å². The summed E-state index contributed by atoms with van der Waals surface area (Å²) in [5, 5.41) is 13.2. The monoisotopic (exact) mass is 456 g/mol. The van der Waals surface area contributed by atoms with Gasteiger partial charge in [-0.15, -0.1) is 0 Å². The minimum absolute atomic E-state index is 0.0884. The van der Waals surface area contributed by atoms with Gasteiger partial charge in [0.2, 0.25) is 0 Å². The van der Waals surface area contributed by atoms with E-state index in [0.29, 0.717) is 18.1 Å². The predicted octanol–water partition coefficient (Wildman–Crippen LogP) is 4.08. The maximum Gasteiger partial charge on any atom is 0.262 e. The number of aromatic nitrogens is 1. The average Bonchev–Trinajstić information content (AvgIpc) is 2.84. The number of pyridine rings is 1. The Morgan fingerprint density at radius 1 is 1.21 bits per heavy atom. The van der Waals surface area contributed by atoms with Crippen LogP contribution >= 0.6 is 0 Å². The van der Waals surface area contributed by atoms with Crippen LogP contribution in [-0.4, -0.2) is 48.6 Å². The molecule has 34 heavy (non-hydrogen) atoms. The molecular formula is C27H28N4O3. The Kier molecular flexibility index (Phi) is 6.33. The molecule has 0 unspecified atom stereocenters. The van der Waals surface area contributed by atoms with Crippen LogP contribution in [-0.2, 0) is 11.2 Å². The van der Waals surface area contributed by atoms with Crippen LogP contribution in [0.25, 0.3) is 10.9 Å². The minimum Gasteiger partial charge on any atom is -0.492 e. The lowest BCUT2D eigenvalue weighted by Crippen LogP contribution is -2.37. The highest BCUT2D eigenvalue weighted by Crippen LogP contribution is 2.31. The molecule has 174 valence electrons. The first kappa shape index (κ1) is 22.2. The highest BCUT2D eigenvalue weighted by Gasteiger charge is 2.21. The first-order valence-corrected chi connectivity index (χ1v) is 11.8. The molecular weight excluding hydrogens is 428 g/mol. The molecule has 5 rings (SSSR count). The van der Waals surface area contributed by atoms with Crippen LogP contribution in [0.2, 0.25) is 0 Å². The van der Waals surface area contributed by atoms with Gasteiger partial charge in [-0.3, -0.25) is 14.7 Å². The Morgan fingerprint density at radius 2 is 2.06 bits per heavy atom. The third-order valence-electron chi connectivity index (χ3n) is 6.61.